The molecule has 0 aromatic carbocycles. The summed E-state index contributed by atoms with van der Waals surface area (Å²) < 4.78 is 0. The van der Waals surface area contributed by atoms with Gasteiger partial charge in [-0.15, -0.1) is 0 Å². The normalized spacial score (nSPS) is 35.6. The van der Waals surface area contributed by atoms with Crippen LogP contribution in [0.1, 0.15) is 220 Å². The van der Waals surface area contributed by atoms with Crippen LogP contribution in [0, 0.1) is 46.8 Å². The van der Waals surface area contributed by atoms with E-state index < -0.39 is 0 Å². The Morgan fingerprint density at radius 3 is 1.61 bits per heavy atom. The van der Waals surface area contributed by atoms with Crippen LogP contribution in [0.3, 0.4) is 0 Å². The number of hydrogen-bond acceptors (Lipinski definition) is 1. The van der Waals surface area contributed by atoms with Crippen LogP contribution in [0.25, 0.3) is 0 Å². The summed E-state index contributed by atoms with van der Waals surface area (Å²) in [6.45, 7) is 7.65. The summed E-state index contributed by atoms with van der Waals surface area (Å²) in [6, 6.07) is 0. The van der Waals surface area contributed by atoms with E-state index in [0.717, 1.165) is 60.7 Å². The van der Waals surface area contributed by atoms with Crippen LogP contribution < -0.4 is 0 Å². The molecule has 0 N–H and O–H groups in total. The summed E-state index contributed by atoms with van der Waals surface area (Å²) in [6.07, 6.45) is 43.5. The number of ketones is 1. The van der Waals surface area contributed by atoms with Gasteiger partial charge in [0.25, 0.3) is 0 Å². The van der Waals surface area contributed by atoms with Gasteiger partial charge in [-0.1, -0.05) is 156 Å². The molecule has 0 aromatic heterocycles. The maximum absolute atomic E-state index is 13.2. The lowest BCUT2D eigenvalue weighted by atomic mass is 9.67. The summed E-state index contributed by atoms with van der Waals surface area (Å²) in [4.78, 5) is 13.2. The number of carbonyl (C=O) groups is 1. The molecule has 4 fully saturated rings. The number of rotatable bonds is 7. The number of hydrogen-bond donors (Lipinski definition) is 0. The monoisotopic (exact) mass is 611 g/mol. The predicted molar refractivity (Wildman–Crippen MR) is 192 cm³/mol. The van der Waals surface area contributed by atoms with Gasteiger partial charge in [-0.2, -0.15) is 0 Å². The van der Waals surface area contributed by atoms with E-state index in [9.17, 15) is 4.79 Å². The lowest BCUT2D eigenvalue weighted by Crippen LogP contribution is -2.30. The van der Waals surface area contributed by atoms with Crippen molar-refractivity contribution >= 4 is 5.78 Å². The van der Waals surface area contributed by atoms with Gasteiger partial charge in [0.1, 0.15) is 5.78 Å². The highest BCUT2D eigenvalue weighted by Gasteiger charge is 2.51. The van der Waals surface area contributed by atoms with E-state index >= 15 is 0 Å². The molecule has 1 nitrogen and oxygen atoms in total. The molecule has 4 aliphatic carbocycles. The molecule has 0 aliphatic heterocycles. The molecular weight excluding hydrogens is 532 g/mol. The first kappa shape index (κ1) is 36.5. The smallest absolute Gasteiger partial charge is 0.132 e. The Balaban J connectivity index is 1.21. The molecule has 7 atom stereocenters. The van der Waals surface area contributed by atoms with E-state index in [1.807, 2.05) is 0 Å². The summed E-state index contributed by atoms with van der Waals surface area (Å²) in [5.41, 5.74) is 0.526. The van der Waals surface area contributed by atoms with E-state index in [2.05, 4.69) is 20.8 Å². The fraction of sp³-hybridized carbons (Fsp3) is 0.977. The highest BCUT2D eigenvalue weighted by Crippen LogP contribution is 2.60. The fourth-order valence-electron chi connectivity index (χ4n) is 11.2. The molecule has 44 heavy (non-hydrogen) atoms. The average molecular weight is 611 g/mol. The Morgan fingerprint density at radius 2 is 1.07 bits per heavy atom. The van der Waals surface area contributed by atoms with Gasteiger partial charge in [-0.25, -0.2) is 0 Å². The molecule has 0 heterocycles. The van der Waals surface area contributed by atoms with Gasteiger partial charge in [0.05, 0.1) is 0 Å². The molecule has 0 spiro atoms. The maximum atomic E-state index is 13.2. The van der Waals surface area contributed by atoms with Gasteiger partial charge in [0.2, 0.25) is 0 Å². The highest BCUT2D eigenvalue weighted by atomic mass is 16.1. The van der Waals surface area contributed by atoms with Crippen molar-refractivity contribution in [3.05, 3.63) is 0 Å². The minimum Gasteiger partial charge on any atom is -0.300 e. The van der Waals surface area contributed by atoms with E-state index in [-0.39, 0.29) is 0 Å². The predicted octanol–water partition coefficient (Wildman–Crippen LogP) is 14.1. The second kappa shape index (κ2) is 20.1. The second-order valence-corrected chi connectivity index (χ2v) is 17.7. The quantitative estimate of drug-likeness (QED) is 0.280. The highest BCUT2D eigenvalue weighted by molar-refractivity contribution is 5.78. The van der Waals surface area contributed by atoms with Crippen molar-refractivity contribution in [1.82, 2.24) is 0 Å². The zero-order valence-electron chi connectivity index (χ0n) is 30.4. The van der Waals surface area contributed by atoms with Crippen molar-refractivity contribution in [3.63, 3.8) is 0 Å². The van der Waals surface area contributed by atoms with Gasteiger partial charge in [-0.3, -0.25) is 4.79 Å². The number of fused-ring (bicyclic) bond motifs is 4. The van der Waals surface area contributed by atoms with Crippen LogP contribution in [-0.2, 0) is 4.79 Å². The zero-order chi connectivity index (χ0) is 31.0. The summed E-state index contributed by atoms with van der Waals surface area (Å²) in [5.74, 6) is 6.87. The second-order valence-electron chi connectivity index (χ2n) is 17.7. The van der Waals surface area contributed by atoms with Gasteiger partial charge in [0, 0.05) is 12.8 Å². The molecule has 4 rings (SSSR count). The first-order chi connectivity index (χ1) is 21.4. The van der Waals surface area contributed by atoms with Crippen LogP contribution in [0.4, 0.5) is 0 Å². The van der Waals surface area contributed by atoms with Crippen LogP contribution in [0.15, 0.2) is 0 Å². The van der Waals surface area contributed by atoms with E-state index in [1.54, 1.807) is 0 Å². The molecule has 0 aromatic rings. The van der Waals surface area contributed by atoms with Crippen LogP contribution in [0.5, 0.6) is 0 Å². The summed E-state index contributed by atoms with van der Waals surface area (Å²) >= 11 is 0. The Morgan fingerprint density at radius 1 is 0.545 bits per heavy atom. The van der Waals surface area contributed by atoms with E-state index in [4.69, 9.17) is 0 Å². The van der Waals surface area contributed by atoms with Crippen LogP contribution >= 0.6 is 0 Å². The molecule has 0 amide bonds. The molecule has 0 saturated heterocycles. The Hall–Kier alpha value is -0.330. The van der Waals surface area contributed by atoms with Gasteiger partial charge in [-0.05, 0) is 98.2 Å². The lowest BCUT2D eigenvalue weighted by molar-refractivity contribution is -0.119. The molecule has 7 unspecified atom stereocenters. The topological polar surface area (TPSA) is 17.1 Å². The van der Waals surface area contributed by atoms with Gasteiger partial charge >= 0.3 is 0 Å². The molecule has 0 radical (unpaired) electrons. The first-order valence-electron chi connectivity index (χ1n) is 21.0. The van der Waals surface area contributed by atoms with Crippen molar-refractivity contribution in [3.8, 4) is 0 Å². The Labute approximate surface area is 276 Å². The molecule has 256 valence electrons. The van der Waals surface area contributed by atoms with Crippen LogP contribution in [-0.4, -0.2) is 5.78 Å². The minimum atomic E-state index is 0.526. The zero-order valence-corrected chi connectivity index (χ0v) is 30.4. The van der Waals surface area contributed by atoms with Crippen molar-refractivity contribution < 1.29 is 4.79 Å². The van der Waals surface area contributed by atoms with Crippen molar-refractivity contribution in [2.24, 2.45) is 46.8 Å². The SMILES string of the molecule is CC1CCCCCCCCCCCCCCCCCCCCC2CCC(C2)C1CCC(=O)CCCC1C2CCC(C2)C1(C)C. The maximum Gasteiger partial charge on any atom is 0.132 e. The van der Waals surface area contributed by atoms with E-state index in [0.29, 0.717) is 11.2 Å². The third-order valence-corrected chi connectivity index (χ3v) is 14.2. The molecule has 4 bridgehead atoms. The first-order valence-corrected chi connectivity index (χ1v) is 21.0. The third kappa shape index (κ3) is 12.0. The number of Topliss-reactive ketones (excluding diaryl/α,β-unsaturated/α-hetero) is 1. The fourth-order valence-corrected chi connectivity index (χ4v) is 11.2. The van der Waals surface area contributed by atoms with Gasteiger partial charge in [0.15, 0.2) is 0 Å². The lowest BCUT2D eigenvalue weighted by Gasteiger charge is -2.38. The molecule has 4 saturated carbocycles. The Kier molecular flexibility index (Phi) is 16.7. The van der Waals surface area contributed by atoms with E-state index in [1.165, 1.54) is 180 Å². The standard InChI is InChI=1S/C43H78O/c1-35-23-20-18-16-14-12-10-8-6-4-5-7-9-11-13-15-17-19-21-24-36-27-28-37(33-36)41(35)32-31-40(44)25-22-26-42-38-29-30-39(34-38)43(42,2)3/h35-39,41-42H,4-34H2,1-3H3. The molecular formula is C43H78O. The van der Waals surface area contributed by atoms with Gasteiger partial charge < -0.3 is 0 Å². The molecule has 4 aliphatic rings. The van der Waals surface area contributed by atoms with Crippen molar-refractivity contribution in [1.29, 1.82) is 0 Å². The largest absolute Gasteiger partial charge is 0.300 e. The summed E-state index contributed by atoms with van der Waals surface area (Å²) in [5, 5.41) is 0. The van der Waals surface area contributed by atoms with Crippen LogP contribution in [0.2, 0.25) is 0 Å². The Bertz CT molecular complexity index is 767. The average Bonchev–Trinajstić information content (AvgIpc) is 3.73. The minimum absolute atomic E-state index is 0.526. The molecule has 1 heteroatoms. The van der Waals surface area contributed by atoms with Crippen molar-refractivity contribution in [2.75, 3.05) is 0 Å². The third-order valence-electron chi connectivity index (χ3n) is 14.2. The van der Waals surface area contributed by atoms with Crippen molar-refractivity contribution in [2.45, 2.75) is 220 Å². The summed E-state index contributed by atoms with van der Waals surface area (Å²) in [7, 11) is 0. The number of carbonyl (C=O) groups excluding carboxylic acids is 1.